The van der Waals surface area contributed by atoms with Gasteiger partial charge in [0.25, 0.3) is 0 Å². The molecule has 0 spiro atoms. The van der Waals surface area contributed by atoms with Gasteiger partial charge in [-0.15, -0.1) is 0 Å². The molecule has 0 fully saturated rings. The number of ether oxygens (including phenoxy) is 1. The lowest BCUT2D eigenvalue weighted by Crippen LogP contribution is -2.48. The normalized spacial score (nSPS) is 21.9. The number of carbonyl (C=O) groups is 1. The van der Waals surface area contributed by atoms with Gasteiger partial charge >= 0.3 is 5.97 Å². The number of H-pyrrole nitrogens is 1. The van der Waals surface area contributed by atoms with Gasteiger partial charge < -0.3 is 9.72 Å². The van der Waals surface area contributed by atoms with E-state index in [1.54, 1.807) is 0 Å². The average molecular weight is 458 g/mol. The molecule has 4 nitrogen and oxygen atoms in total. The fourth-order valence-electron chi connectivity index (χ4n) is 4.44. The zero-order valence-electron chi connectivity index (χ0n) is 20.0. The Balaban J connectivity index is 1.96. The van der Waals surface area contributed by atoms with E-state index in [-0.39, 0.29) is 18.2 Å². The number of fused-ring (bicyclic) bond motifs is 3. The molecule has 0 amide bonds. The molecule has 1 aromatic heterocycles. The molecule has 0 bridgehead atoms. The zero-order valence-corrected chi connectivity index (χ0v) is 19.0. The van der Waals surface area contributed by atoms with E-state index in [1.165, 1.54) is 31.9 Å². The van der Waals surface area contributed by atoms with E-state index in [0.29, 0.717) is 12.1 Å². The Morgan fingerprint density at radius 2 is 1.97 bits per heavy atom. The van der Waals surface area contributed by atoms with Gasteiger partial charge in [0.15, 0.2) is 0 Å². The third-order valence-corrected chi connectivity index (χ3v) is 5.83. The van der Waals surface area contributed by atoms with Crippen LogP contribution in [0.1, 0.15) is 50.5 Å². The summed E-state index contributed by atoms with van der Waals surface area (Å²) in [5, 5.41) is 0.874. The Morgan fingerprint density at radius 1 is 1.30 bits per heavy atom. The maximum absolute atomic E-state index is 15.6. The van der Waals surface area contributed by atoms with Gasteiger partial charge in [0.05, 0.1) is 14.5 Å². The van der Waals surface area contributed by atoms with Crippen LogP contribution >= 0.6 is 0 Å². The van der Waals surface area contributed by atoms with Gasteiger partial charge in [-0.1, -0.05) is 18.2 Å². The van der Waals surface area contributed by atoms with Crippen LogP contribution in [0.15, 0.2) is 42.5 Å². The number of aromatic nitrogens is 1. The predicted molar refractivity (Wildman–Crippen MR) is 123 cm³/mol. The number of methoxy groups -OCH3 is 1. The van der Waals surface area contributed by atoms with Crippen LogP contribution in [0.3, 0.4) is 0 Å². The Bertz CT molecular complexity index is 1260. The summed E-state index contributed by atoms with van der Waals surface area (Å²) in [4.78, 5) is 16.1. The van der Waals surface area contributed by atoms with Crippen LogP contribution in [0.5, 0.6) is 0 Å². The van der Waals surface area contributed by atoms with Gasteiger partial charge in [-0.25, -0.2) is 18.0 Å². The van der Waals surface area contributed by atoms with E-state index in [9.17, 15) is 10.6 Å². The topological polar surface area (TPSA) is 45.3 Å². The number of hydrogen-bond donors (Lipinski definition) is 1. The average Bonchev–Trinajstić information content (AvgIpc) is 3.13. The van der Waals surface area contributed by atoms with Crippen molar-refractivity contribution in [1.82, 2.24) is 9.88 Å². The molecule has 0 saturated heterocycles. The molecule has 1 aliphatic rings. The molecule has 1 N–H and O–H groups in total. The van der Waals surface area contributed by atoms with E-state index in [1.807, 2.05) is 31.2 Å². The maximum atomic E-state index is 15.6. The first-order chi connectivity index (χ1) is 16.0. The number of alkyl halides is 1. The highest BCUT2D eigenvalue weighted by Gasteiger charge is 2.40. The van der Waals surface area contributed by atoms with E-state index >= 15 is 8.78 Å². The minimum Gasteiger partial charge on any atom is -0.466 e. The van der Waals surface area contributed by atoms with Gasteiger partial charge in [-0.3, -0.25) is 4.90 Å². The van der Waals surface area contributed by atoms with Crippen LogP contribution in [0.2, 0.25) is 0 Å². The Hall–Kier alpha value is -3.06. The number of aromatic amines is 1. The van der Waals surface area contributed by atoms with Crippen molar-refractivity contribution in [2.24, 2.45) is 0 Å². The molecule has 2 heterocycles. The molecule has 2 aromatic carbocycles. The summed E-state index contributed by atoms with van der Waals surface area (Å²) < 4.78 is 60.1. The molecule has 2 atom stereocenters. The van der Waals surface area contributed by atoms with E-state index in [0.717, 1.165) is 34.7 Å². The monoisotopic (exact) mass is 457 g/mol. The van der Waals surface area contributed by atoms with Crippen LogP contribution in [-0.4, -0.2) is 41.2 Å². The third kappa shape index (κ3) is 4.55. The maximum Gasteiger partial charge on any atom is 0.330 e. The van der Waals surface area contributed by atoms with Crippen molar-refractivity contribution < 1.29 is 24.1 Å². The molecule has 3 aromatic rings. The second-order valence-electron chi connectivity index (χ2n) is 8.99. The SMILES string of the molecule is [2H][C@@]1(c2c(F)cc(/C=C/C(=O)OC)cc2F)c2[nH]c3ccccc3c2C[C@@H](C)N1CC(C)(C)F. The number of halogens is 3. The van der Waals surface area contributed by atoms with Crippen molar-refractivity contribution in [3.05, 3.63) is 76.5 Å². The lowest BCUT2D eigenvalue weighted by atomic mass is 9.87. The molecule has 0 saturated carbocycles. The van der Waals surface area contributed by atoms with Gasteiger partial charge in [0, 0.05) is 40.8 Å². The van der Waals surface area contributed by atoms with Crippen LogP contribution in [0.25, 0.3) is 17.0 Å². The lowest BCUT2D eigenvalue weighted by Gasteiger charge is -2.43. The second kappa shape index (κ2) is 8.71. The number of nitrogens with zero attached hydrogens (tertiary/aromatic N) is 1. The molecule has 33 heavy (non-hydrogen) atoms. The standard InChI is InChI=1S/C26H27F3N2O2/c1-15-11-18-17-7-5-6-8-21(17)30-24(18)25(31(15)14-26(2,3)29)23-19(27)12-16(13-20(23)28)9-10-22(32)33-4/h5-10,12-13,15,25,30H,11,14H2,1-4H3/b10-9+/t15-,25-/m1/s1/i25D. The largest absolute Gasteiger partial charge is 0.466 e. The van der Waals surface area contributed by atoms with E-state index < -0.39 is 34.9 Å². The first-order valence-corrected chi connectivity index (χ1v) is 10.8. The number of carbonyl (C=O) groups excluding carboxylic acids is 1. The minimum atomic E-state index is -2.05. The highest BCUT2D eigenvalue weighted by atomic mass is 19.1. The molecule has 7 heteroatoms. The summed E-state index contributed by atoms with van der Waals surface area (Å²) in [6.07, 6.45) is 2.79. The van der Waals surface area contributed by atoms with Gasteiger partial charge in [-0.2, -0.15) is 0 Å². The first-order valence-electron chi connectivity index (χ1n) is 11.3. The van der Waals surface area contributed by atoms with Crippen LogP contribution in [0.4, 0.5) is 13.2 Å². The zero-order chi connectivity index (χ0) is 24.8. The number of nitrogens with one attached hydrogen (secondary N) is 1. The minimum absolute atomic E-state index is 0.103. The van der Waals surface area contributed by atoms with Crippen molar-refractivity contribution in [2.75, 3.05) is 13.7 Å². The number of para-hydroxylation sites is 1. The van der Waals surface area contributed by atoms with Crippen molar-refractivity contribution in [3.8, 4) is 0 Å². The number of rotatable bonds is 5. The summed E-state index contributed by atoms with van der Waals surface area (Å²) in [7, 11) is 1.20. The third-order valence-electron chi connectivity index (χ3n) is 5.83. The van der Waals surface area contributed by atoms with Gasteiger partial charge in [-0.05, 0) is 62.6 Å². The molecule has 0 radical (unpaired) electrons. The second-order valence-corrected chi connectivity index (χ2v) is 8.99. The number of benzene rings is 2. The van der Waals surface area contributed by atoms with Gasteiger partial charge in [0.1, 0.15) is 17.3 Å². The first kappa shape index (κ1) is 21.8. The summed E-state index contributed by atoms with van der Waals surface area (Å²) in [6, 6.07) is 7.17. The quantitative estimate of drug-likeness (QED) is 0.394. The summed E-state index contributed by atoms with van der Waals surface area (Å²) in [5.41, 5.74) is -0.236. The van der Waals surface area contributed by atoms with Crippen LogP contribution in [-0.2, 0) is 16.0 Å². The van der Waals surface area contributed by atoms with Crippen molar-refractivity contribution in [2.45, 2.75) is 44.9 Å². The molecule has 0 aliphatic carbocycles. The van der Waals surface area contributed by atoms with Crippen LogP contribution in [0, 0.1) is 11.6 Å². The van der Waals surface area contributed by atoms with Crippen molar-refractivity contribution in [1.29, 1.82) is 0 Å². The number of hydrogen-bond acceptors (Lipinski definition) is 3. The Morgan fingerprint density at radius 3 is 2.61 bits per heavy atom. The lowest BCUT2D eigenvalue weighted by molar-refractivity contribution is -0.134. The van der Waals surface area contributed by atoms with Crippen molar-refractivity contribution in [3.63, 3.8) is 0 Å². The molecule has 4 rings (SSSR count). The molecule has 0 unspecified atom stereocenters. The predicted octanol–water partition coefficient (Wildman–Crippen LogP) is 5.72. The highest BCUT2D eigenvalue weighted by Crippen LogP contribution is 2.43. The Labute approximate surface area is 192 Å². The van der Waals surface area contributed by atoms with Crippen LogP contribution < -0.4 is 0 Å². The molecule has 174 valence electrons. The van der Waals surface area contributed by atoms with Crippen molar-refractivity contribution >= 4 is 22.9 Å². The van der Waals surface area contributed by atoms with E-state index in [2.05, 4.69) is 9.72 Å². The molecule has 1 aliphatic heterocycles. The number of esters is 1. The summed E-state index contributed by atoms with van der Waals surface area (Å²) in [5.74, 6) is -2.58. The smallest absolute Gasteiger partial charge is 0.330 e. The fraction of sp³-hybridized carbons (Fsp3) is 0.346. The molecular formula is C26H27F3N2O2. The van der Waals surface area contributed by atoms with Gasteiger partial charge in [0.2, 0.25) is 0 Å². The highest BCUT2D eigenvalue weighted by molar-refractivity contribution is 5.87. The summed E-state index contributed by atoms with van der Waals surface area (Å²) >= 11 is 0. The molecular weight excluding hydrogens is 429 g/mol. The van der Waals surface area contributed by atoms with E-state index in [4.69, 9.17) is 0 Å². The fourth-order valence-corrected chi connectivity index (χ4v) is 4.44. The Kier molecular flexibility index (Phi) is 5.74. The summed E-state index contributed by atoms with van der Waals surface area (Å²) in [6.45, 7) is 4.40.